The number of anilines is 1. The lowest BCUT2D eigenvalue weighted by molar-refractivity contribution is 0.0956. The smallest absolute Gasteiger partial charge is 0.251 e. The summed E-state index contributed by atoms with van der Waals surface area (Å²) in [5.41, 5.74) is 2.95. The number of carbonyl (C=O) groups excluding carboxylic acids is 1. The zero-order chi connectivity index (χ0) is 13.5. The van der Waals surface area contributed by atoms with Gasteiger partial charge in [-0.25, -0.2) is 0 Å². The van der Waals surface area contributed by atoms with Crippen LogP contribution in [-0.2, 0) is 0 Å². The number of rotatable bonds is 6. The van der Waals surface area contributed by atoms with E-state index in [0.717, 1.165) is 23.2 Å². The van der Waals surface area contributed by atoms with Gasteiger partial charge in [-0.1, -0.05) is 13.3 Å². The number of benzene rings is 1. The number of hydrogen-bond donors (Lipinski definition) is 2. The van der Waals surface area contributed by atoms with Gasteiger partial charge >= 0.3 is 0 Å². The molecule has 0 heterocycles. The van der Waals surface area contributed by atoms with Crippen molar-refractivity contribution in [3.63, 3.8) is 0 Å². The summed E-state index contributed by atoms with van der Waals surface area (Å²) >= 11 is 0. The van der Waals surface area contributed by atoms with E-state index in [4.69, 9.17) is 0 Å². The second kappa shape index (κ2) is 7.04. The summed E-state index contributed by atoms with van der Waals surface area (Å²) in [6.07, 6.45) is 2.32. The normalized spacial score (nSPS) is 12.0. The van der Waals surface area contributed by atoms with Gasteiger partial charge in [0.2, 0.25) is 0 Å². The molecule has 1 atom stereocenters. The average Bonchev–Trinajstić information content (AvgIpc) is 2.32. The first kappa shape index (κ1) is 14.6. The molecule has 3 nitrogen and oxygen atoms in total. The van der Waals surface area contributed by atoms with Crippen LogP contribution in [0.4, 0.5) is 5.69 Å². The minimum Gasteiger partial charge on any atom is -0.382 e. The maximum Gasteiger partial charge on any atom is 0.251 e. The van der Waals surface area contributed by atoms with Crippen LogP contribution >= 0.6 is 0 Å². The van der Waals surface area contributed by atoms with E-state index in [9.17, 15) is 4.79 Å². The third-order valence-corrected chi connectivity index (χ3v) is 2.95. The van der Waals surface area contributed by atoms with Crippen molar-refractivity contribution in [1.29, 1.82) is 0 Å². The van der Waals surface area contributed by atoms with Crippen LogP contribution in [0.3, 0.4) is 0 Å². The van der Waals surface area contributed by atoms with Crippen molar-refractivity contribution >= 4 is 11.6 Å². The lowest BCUT2D eigenvalue weighted by Crippen LogP contribution is -2.23. The maximum atomic E-state index is 11.7. The van der Waals surface area contributed by atoms with E-state index in [1.807, 2.05) is 32.0 Å². The fraction of sp³-hybridized carbons (Fsp3) is 0.533. The van der Waals surface area contributed by atoms with Crippen LogP contribution in [0.15, 0.2) is 18.2 Å². The third kappa shape index (κ3) is 4.06. The van der Waals surface area contributed by atoms with Gasteiger partial charge in [0.05, 0.1) is 0 Å². The Morgan fingerprint density at radius 2 is 2.06 bits per heavy atom. The number of aryl methyl sites for hydroxylation is 1. The van der Waals surface area contributed by atoms with Crippen molar-refractivity contribution in [2.24, 2.45) is 0 Å². The van der Waals surface area contributed by atoms with E-state index in [2.05, 4.69) is 24.5 Å². The molecule has 0 saturated carbocycles. The average molecular weight is 248 g/mol. The quantitative estimate of drug-likeness (QED) is 0.810. The van der Waals surface area contributed by atoms with Gasteiger partial charge in [0.25, 0.3) is 5.91 Å². The Morgan fingerprint density at radius 1 is 1.33 bits per heavy atom. The Hall–Kier alpha value is -1.51. The molecule has 0 aliphatic heterocycles. The van der Waals surface area contributed by atoms with E-state index < -0.39 is 0 Å². The van der Waals surface area contributed by atoms with E-state index >= 15 is 0 Å². The van der Waals surface area contributed by atoms with Gasteiger partial charge in [-0.05, 0) is 51.0 Å². The van der Waals surface area contributed by atoms with Crippen molar-refractivity contribution in [3.8, 4) is 0 Å². The van der Waals surface area contributed by atoms with Crippen molar-refractivity contribution in [1.82, 2.24) is 5.32 Å². The standard InChI is InChI=1S/C15H24N2O/c1-5-7-12(4)17-14-9-8-13(10-11(14)3)15(18)16-6-2/h8-10,12,17H,5-7H2,1-4H3,(H,16,18). The van der Waals surface area contributed by atoms with E-state index in [1.54, 1.807) is 0 Å². The summed E-state index contributed by atoms with van der Waals surface area (Å²) in [5.74, 6) is -0.00578. The Kier molecular flexibility index (Phi) is 5.69. The van der Waals surface area contributed by atoms with Crippen LogP contribution in [0.1, 0.15) is 49.5 Å². The molecule has 3 heteroatoms. The largest absolute Gasteiger partial charge is 0.382 e. The van der Waals surface area contributed by atoms with Crippen LogP contribution in [0, 0.1) is 6.92 Å². The van der Waals surface area contributed by atoms with Gasteiger partial charge in [-0.2, -0.15) is 0 Å². The Labute approximate surface area is 110 Å². The van der Waals surface area contributed by atoms with Crippen LogP contribution < -0.4 is 10.6 Å². The summed E-state index contributed by atoms with van der Waals surface area (Å²) < 4.78 is 0. The molecule has 0 aliphatic carbocycles. The molecule has 1 aromatic carbocycles. The van der Waals surface area contributed by atoms with Crippen molar-refractivity contribution in [3.05, 3.63) is 29.3 Å². The predicted octanol–water partition coefficient (Wildman–Crippen LogP) is 3.35. The molecule has 0 fully saturated rings. The molecule has 0 aromatic heterocycles. The summed E-state index contributed by atoms with van der Waals surface area (Å²) in [6, 6.07) is 6.26. The highest BCUT2D eigenvalue weighted by molar-refractivity contribution is 5.94. The highest BCUT2D eigenvalue weighted by atomic mass is 16.1. The van der Waals surface area contributed by atoms with Crippen LogP contribution in [0.5, 0.6) is 0 Å². The second-order valence-electron chi connectivity index (χ2n) is 4.72. The molecular formula is C15H24N2O. The van der Waals surface area contributed by atoms with Crippen LogP contribution in [-0.4, -0.2) is 18.5 Å². The lowest BCUT2D eigenvalue weighted by Gasteiger charge is -2.17. The molecular weight excluding hydrogens is 224 g/mol. The number of hydrogen-bond acceptors (Lipinski definition) is 2. The summed E-state index contributed by atoms with van der Waals surface area (Å²) in [7, 11) is 0. The molecule has 0 aliphatic rings. The molecule has 0 bridgehead atoms. The van der Waals surface area contributed by atoms with Crippen LogP contribution in [0.2, 0.25) is 0 Å². The van der Waals surface area contributed by atoms with Gasteiger partial charge in [0, 0.05) is 23.8 Å². The van der Waals surface area contributed by atoms with Gasteiger partial charge in [0.1, 0.15) is 0 Å². The zero-order valence-electron chi connectivity index (χ0n) is 11.8. The Bertz CT molecular complexity index is 401. The maximum absolute atomic E-state index is 11.7. The molecule has 18 heavy (non-hydrogen) atoms. The first-order chi connectivity index (χ1) is 8.58. The molecule has 0 saturated heterocycles. The molecule has 2 N–H and O–H groups in total. The summed E-state index contributed by atoms with van der Waals surface area (Å²) in [4.78, 5) is 11.7. The summed E-state index contributed by atoms with van der Waals surface area (Å²) in [6.45, 7) is 8.98. The van der Waals surface area contributed by atoms with Gasteiger partial charge < -0.3 is 10.6 Å². The van der Waals surface area contributed by atoms with Gasteiger partial charge in [0.15, 0.2) is 0 Å². The number of carbonyl (C=O) groups is 1. The highest BCUT2D eigenvalue weighted by Crippen LogP contribution is 2.18. The van der Waals surface area contributed by atoms with Crippen molar-refractivity contribution in [2.45, 2.75) is 46.6 Å². The third-order valence-electron chi connectivity index (χ3n) is 2.95. The van der Waals surface area contributed by atoms with E-state index in [-0.39, 0.29) is 5.91 Å². The monoisotopic (exact) mass is 248 g/mol. The van der Waals surface area contributed by atoms with E-state index in [1.165, 1.54) is 6.42 Å². The molecule has 0 spiro atoms. The zero-order valence-corrected chi connectivity index (χ0v) is 11.8. The Morgan fingerprint density at radius 3 is 2.61 bits per heavy atom. The first-order valence-electron chi connectivity index (χ1n) is 6.73. The van der Waals surface area contributed by atoms with Gasteiger partial charge in [-0.3, -0.25) is 4.79 Å². The molecule has 1 amide bonds. The minimum absolute atomic E-state index is 0.00578. The van der Waals surface area contributed by atoms with Crippen molar-refractivity contribution < 1.29 is 4.79 Å². The Balaban J connectivity index is 2.76. The van der Waals surface area contributed by atoms with Crippen molar-refractivity contribution in [2.75, 3.05) is 11.9 Å². The molecule has 100 valence electrons. The second-order valence-corrected chi connectivity index (χ2v) is 4.72. The molecule has 1 unspecified atom stereocenters. The number of nitrogens with one attached hydrogen (secondary N) is 2. The van der Waals surface area contributed by atoms with E-state index in [0.29, 0.717) is 12.6 Å². The lowest BCUT2D eigenvalue weighted by atomic mass is 10.1. The van der Waals surface area contributed by atoms with Crippen LogP contribution in [0.25, 0.3) is 0 Å². The molecule has 1 rings (SSSR count). The van der Waals surface area contributed by atoms with Gasteiger partial charge in [-0.15, -0.1) is 0 Å². The highest BCUT2D eigenvalue weighted by Gasteiger charge is 2.08. The molecule has 1 aromatic rings. The predicted molar refractivity (Wildman–Crippen MR) is 77.2 cm³/mol. The number of amides is 1. The fourth-order valence-corrected chi connectivity index (χ4v) is 2.00. The fourth-order valence-electron chi connectivity index (χ4n) is 2.00. The first-order valence-corrected chi connectivity index (χ1v) is 6.73. The summed E-state index contributed by atoms with van der Waals surface area (Å²) in [5, 5.41) is 6.29. The molecule has 0 radical (unpaired) electrons. The SMILES string of the molecule is CCCC(C)Nc1ccc(C(=O)NCC)cc1C. The topological polar surface area (TPSA) is 41.1 Å². The minimum atomic E-state index is -0.00578.